The normalized spacial score (nSPS) is 19.7. The smallest absolute Gasteiger partial charge is 0.403 e. The highest BCUT2D eigenvalue weighted by molar-refractivity contribution is 6.48. The van der Waals surface area contributed by atoms with Gasteiger partial charge in [0.1, 0.15) is 0 Å². The highest BCUT2D eigenvalue weighted by Gasteiger charge is 2.51. The first kappa shape index (κ1) is 16.2. The van der Waals surface area contributed by atoms with Crippen molar-refractivity contribution in [3.63, 3.8) is 0 Å². The van der Waals surface area contributed by atoms with Crippen molar-refractivity contribution in [2.45, 2.75) is 52.1 Å². The molecule has 1 fully saturated rings. The van der Waals surface area contributed by atoms with Crippen LogP contribution in [0.1, 0.15) is 38.8 Å². The first-order chi connectivity index (χ1) is 9.62. The molecule has 0 radical (unpaired) electrons. The third-order valence-corrected chi connectivity index (χ3v) is 4.27. The summed E-state index contributed by atoms with van der Waals surface area (Å²) in [6.07, 6.45) is -1.64. The highest BCUT2D eigenvalue weighted by Crippen LogP contribution is 2.40. The minimum Gasteiger partial charge on any atom is -0.403 e. The summed E-state index contributed by atoms with van der Waals surface area (Å²) in [6.45, 7) is 9.53. The van der Waals surface area contributed by atoms with Crippen molar-refractivity contribution in [1.29, 1.82) is 0 Å². The first-order valence-electron chi connectivity index (χ1n) is 7.09. The second-order valence-electron chi connectivity index (χ2n) is 6.50. The number of benzene rings is 1. The van der Waals surface area contributed by atoms with E-state index in [9.17, 15) is 8.78 Å². The van der Waals surface area contributed by atoms with Crippen LogP contribution in [0.3, 0.4) is 0 Å². The van der Waals surface area contributed by atoms with E-state index in [2.05, 4.69) is 0 Å². The molecule has 0 aliphatic carbocycles. The molecule has 0 unspecified atom stereocenters. The van der Waals surface area contributed by atoms with Crippen LogP contribution in [-0.2, 0) is 9.31 Å². The Kier molecular flexibility index (Phi) is 4.27. The summed E-state index contributed by atoms with van der Waals surface area (Å²) in [5.41, 5.74) is 0.423. The number of rotatable bonds is 3. The number of halogens is 2. The molecule has 2 rings (SSSR count). The van der Waals surface area contributed by atoms with Gasteiger partial charge in [-0.25, -0.2) is 0 Å². The Bertz CT molecular complexity index is 547. The van der Waals surface area contributed by atoms with E-state index in [1.54, 1.807) is 18.2 Å². The highest BCUT2D eigenvalue weighted by atomic mass is 19.3. The fourth-order valence-electron chi connectivity index (χ4n) is 2.35. The molecule has 114 valence electrons. The minimum atomic E-state index is -1.68. The van der Waals surface area contributed by atoms with E-state index in [0.717, 1.165) is 5.56 Å². The van der Waals surface area contributed by atoms with E-state index in [0.29, 0.717) is 5.56 Å². The lowest BCUT2D eigenvalue weighted by Crippen LogP contribution is -2.41. The van der Waals surface area contributed by atoms with Crippen molar-refractivity contribution in [1.82, 2.24) is 0 Å². The van der Waals surface area contributed by atoms with Gasteiger partial charge in [-0.2, -0.15) is 8.78 Å². The van der Waals surface area contributed by atoms with Crippen LogP contribution in [0.5, 0.6) is 0 Å². The molecule has 0 N–H and O–H groups in total. The van der Waals surface area contributed by atoms with Gasteiger partial charge in [0, 0.05) is 11.9 Å². The van der Waals surface area contributed by atoms with E-state index in [1.165, 1.54) is 0 Å². The lowest BCUT2D eigenvalue weighted by Gasteiger charge is -2.32. The molecule has 1 aliphatic rings. The van der Waals surface area contributed by atoms with Gasteiger partial charge >= 0.3 is 7.12 Å². The van der Waals surface area contributed by atoms with Crippen molar-refractivity contribution >= 4 is 12.7 Å². The summed E-state index contributed by atoms with van der Waals surface area (Å²) < 4.78 is 38.3. The Hall–Kier alpha value is -1.20. The summed E-state index contributed by atoms with van der Waals surface area (Å²) in [6, 6.07) is 7.09. The van der Waals surface area contributed by atoms with Gasteiger partial charge in [0.25, 0.3) is 6.08 Å². The Labute approximate surface area is 125 Å². The maximum absolute atomic E-state index is 13.3. The van der Waals surface area contributed by atoms with Crippen molar-refractivity contribution < 1.29 is 18.1 Å². The summed E-state index contributed by atoms with van der Waals surface area (Å²) in [5, 5.41) is 0. The molecule has 0 saturated carbocycles. The maximum atomic E-state index is 13.3. The lowest BCUT2D eigenvalue weighted by molar-refractivity contribution is 0.00578. The Morgan fingerprint density at radius 3 is 2.14 bits per heavy atom. The third kappa shape index (κ3) is 3.35. The zero-order chi connectivity index (χ0) is 15.8. The predicted molar refractivity (Wildman–Crippen MR) is 81.2 cm³/mol. The van der Waals surface area contributed by atoms with Gasteiger partial charge < -0.3 is 9.31 Å². The van der Waals surface area contributed by atoms with Crippen LogP contribution in [0.15, 0.2) is 30.3 Å². The lowest BCUT2D eigenvalue weighted by atomic mass is 9.78. The largest absolute Gasteiger partial charge is 0.462 e. The average Bonchev–Trinajstić information content (AvgIpc) is 2.54. The standard InChI is InChI=1S/C16H21BF2O2/c1-11-7-6-8-12(9-11)13(14(18)19)10-17-20-15(2,3)16(4,5)21-17/h6-9H,10H2,1-5H3. The SMILES string of the molecule is Cc1cccc(C(CB2OC(C)(C)C(C)(C)O2)=C(F)F)c1. The molecule has 0 amide bonds. The summed E-state index contributed by atoms with van der Waals surface area (Å²) in [5.74, 6) is 0. The summed E-state index contributed by atoms with van der Waals surface area (Å²) >= 11 is 0. The van der Waals surface area contributed by atoms with Gasteiger partial charge in [0.2, 0.25) is 0 Å². The first-order valence-corrected chi connectivity index (χ1v) is 7.09. The maximum Gasteiger partial charge on any atom is 0.462 e. The minimum absolute atomic E-state index is 0.0165. The number of hydrogen-bond acceptors (Lipinski definition) is 2. The fourth-order valence-corrected chi connectivity index (χ4v) is 2.35. The third-order valence-electron chi connectivity index (χ3n) is 4.27. The molecule has 1 heterocycles. The molecule has 0 bridgehead atoms. The van der Waals surface area contributed by atoms with Crippen molar-refractivity contribution in [3.8, 4) is 0 Å². The quantitative estimate of drug-likeness (QED) is 0.753. The van der Waals surface area contributed by atoms with Crippen LogP contribution < -0.4 is 0 Å². The second-order valence-corrected chi connectivity index (χ2v) is 6.50. The fraction of sp³-hybridized carbons (Fsp3) is 0.500. The average molecular weight is 294 g/mol. The molecule has 0 atom stereocenters. The Balaban J connectivity index is 2.23. The Morgan fingerprint density at radius 2 is 1.67 bits per heavy atom. The van der Waals surface area contributed by atoms with Crippen LogP contribution in [0.4, 0.5) is 8.78 Å². The van der Waals surface area contributed by atoms with E-state index < -0.39 is 24.4 Å². The van der Waals surface area contributed by atoms with Crippen molar-refractivity contribution in [2.24, 2.45) is 0 Å². The van der Waals surface area contributed by atoms with E-state index in [-0.39, 0.29) is 11.9 Å². The van der Waals surface area contributed by atoms with Gasteiger partial charge in [-0.3, -0.25) is 0 Å². The predicted octanol–water partition coefficient (Wildman–Crippen LogP) is 4.69. The molecule has 1 aromatic rings. The van der Waals surface area contributed by atoms with Gasteiger partial charge in [-0.05, 0) is 40.2 Å². The molecule has 1 aromatic carbocycles. The molecule has 0 aromatic heterocycles. The molecule has 1 saturated heterocycles. The van der Waals surface area contributed by atoms with Crippen molar-refractivity contribution in [3.05, 3.63) is 41.5 Å². The monoisotopic (exact) mass is 294 g/mol. The Morgan fingerprint density at radius 1 is 1.10 bits per heavy atom. The van der Waals surface area contributed by atoms with Crippen molar-refractivity contribution in [2.75, 3.05) is 0 Å². The molecule has 1 aliphatic heterocycles. The molecule has 5 heteroatoms. The van der Waals surface area contributed by atoms with Crippen LogP contribution in [0, 0.1) is 6.92 Å². The van der Waals surface area contributed by atoms with Gasteiger partial charge in [-0.1, -0.05) is 29.8 Å². The van der Waals surface area contributed by atoms with E-state index in [4.69, 9.17) is 9.31 Å². The molecule has 0 spiro atoms. The molecular weight excluding hydrogens is 273 g/mol. The summed E-state index contributed by atoms with van der Waals surface area (Å²) in [7, 11) is -0.660. The zero-order valence-electron chi connectivity index (χ0n) is 13.2. The van der Waals surface area contributed by atoms with Crippen LogP contribution in [0.25, 0.3) is 5.57 Å². The molecular formula is C16H21BF2O2. The van der Waals surface area contributed by atoms with Crippen LogP contribution in [0.2, 0.25) is 6.32 Å². The van der Waals surface area contributed by atoms with Gasteiger partial charge in [0.15, 0.2) is 0 Å². The van der Waals surface area contributed by atoms with Gasteiger partial charge in [-0.15, -0.1) is 0 Å². The topological polar surface area (TPSA) is 18.5 Å². The van der Waals surface area contributed by atoms with Gasteiger partial charge in [0.05, 0.1) is 11.2 Å². The van der Waals surface area contributed by atoms with Crippen LogP contribution >= 0.6 is 0 Å². The zero-order valence-corrected chi connectivity index (χ0v) is 13.2. The number of allylic oxidation sites excluding steroid dienone is 1. The molecule has 2 nitrogen and oxygen atoms in total. The number of hydrogen-bond donors (Lipinski definition) is 0. The van der Waals surface area contributed by atoms with E-state index in [1.807, 2.05) is 40.7 Å². The second kappa shape index (κ2) is 5.54. The number of aryl methyl sites for hydroxylation is 1. The van der Waals surface area contributed by atoms with E-state index >= 15 is 0 Å². The van der Waals surface area contributed by atoms with Crippen LogP contribution in [-0.4, -0.2) is 18.3 Å². The molecule has 21 heavy (non-hydrogen) atoms. The summed E-state index contributed by atoms with van der Waals surface area (Å²) in [4.78, 5) is 0.